The summed E-state index contributed by atoms with van der Waals surface area (Å²) in [7, 11) is 0. The van der Waals surface area contributed by atoms with Crippen LogP contribution in [0.1, 0.15) is 16.7 Å². The minimum Gasteiger partial charge on any atom is -0.295 e. The normalized spacial score (nSPS) is 10.3. The third kappa shape index (κ3) is 2.84. The Balaban J connectivity index is 1.85. The van der Waals surface area contributed by atoms with Gasteiger partial charge in [-0.3, -0.25) is 9.13 Å². The molecular weight excluding hydrogens is 274 g/mol. The van der Waals surface area contributed by atoms with Gasteiger partial charge in [0.15, 0.2) is 0 Å². The number of nitriles is 1. The summed E-state index contributed by atoms with van der Waals surface area (Å²) < 4.78 is 3.30. The molecule has 0 atom stereocenters. The Morgan fingerprint density at radius 1 is 0.864 bits per heavy atom. The highest BCUT2D eigenvalue weighted by atomic mass is 16.1. The van der Waals surface area contributed by atoms with Crippen LogP contribution in [-0.4, -0.2) is 9.13 Å². The lowest BCUT2D eigenvalue weighted by Crippen LogP contribution is -2.25. The SMILES string of the molecule is N#Cc1ccccc1Cn1ccn(Cc2ccccc2)c1=O. The molecule has 0 aliphatic rings. The molecule has 0 N–H and O–H groups in total. The van der Waals surface area contributed by atoms with Gasteiger partial charge in [-0.1, -0.05) is 48.5 Å². The fourth-order valence-electron chi connectivity index (χ4n) is 2.43. The van der Waals surface area contributed by atoms with Crippen LogP contribution in [0.3, 0.4) is 0 Å². The van der Waals surface area contributed by atoms with Gasteiger partial charge in [-0.05, 0) is 17.2 Å². The number of hydrogen-bond acceptors (Lipinski definition) is 2. The quantitative estimate of drug-likeness (QED) is 0.741. The van der Waals surface area contributed by atoms with Crippen LogP contribution < -0.4 is 5.69 Å². The number of hydrogen-bond donors (Lipinski definition) is 0. The van der Waals surface area contributed by atoms with E-state index in [0.29, 0.717) is 18.7 Å². The van der Waals surface area contributed by atoms with Crippen LogP contribution in [0.15, 0.2) is 71.8 Å². The van der Waals surface area contributed by atoms with E-state index in [2.05, 4.69) is 6.07 Å². The molecule has 0 saturated heterocycles. The lowest BCUT2D eigenvalue weighted by molar-refractivity contribution is 0.684. The molecule has 3 rings (SSSR count). The Bertz CT molecular complexity index is 869. The number of benzene rings is 2. The van der Waals surface area contributed by atoms with Crippen LogP contribution in [0.5, 0.6) is 0 Å². The molecular formula is C18H15N3O. The molecule has 4 heteroatoms. The van der Waals surface area contributed by atoms with Crippen molar-refractivity contribution in [2.24, 2.45) is 0 Å². The van der Waals surface area contributed by atoms with Gasteiger partial charge in [-0.15, -0.1) is 0 Å². The van der Waals surface area contributed by atoms with Crippen LogP contribution in [0.2, 0.25) is 0 Å². The Morgan fingerprint density at radius 2 is 1.50 bits per heavy atom. The molecule has 2 aromatic carbocycles. The van der Waals surface area contributed by atoms with E-state index in [0.717, 1.165) is 11.1 Å². The zero-order valence-electron chi connectivity index (χ0n) is 12.0. The van der Waals surface area contributed by atoms with Crippen molar-refractivity contribution in [3.8, 4) is 6.07 Å². The van der Waals surface area contributed by atoms with Gasteiger partial charge in [0.05, 0.1) is 24.7 Å². The third-order valence-corrected chi connectivity index (χ3v) is 3.59. The molecule has 1 heterocycles. The van der Waals surface area contributed by atoms with Gasteiger partial charge in [0.1, 0.15) is 0 Å². The molecule has 0 fully saturated rings. The maximum absolute atomic E-state index is 12.4. The summed E-state index contributed by atoms with van der Waals surface area (Å²) in [5, 5.41) is 9.12. The highest BCUT2D eigenvalue weighted by molar-refractivity contribution is 5.37. The Morgan fingerprint density at radius 3 is 2.23 bits per heavy atom. The van der Waals surface area contributed by atoms with E-state index in [4.69, 9.17) is 5.26 Å². The van der Waals surface area contributed by atoms with E-state index >= 15 is 0 Å². The molecule has 0 amide bonds. The molecule has 3 aromatic rings. The summed E-state index contributed by atoms with van der Waals surface area (Å²) in [4.78, 5) is 12.4. The Labute approximate surface area is 128 Å². The number of rotatable bonds is 4. The standard InChI is InChI=1S/C18H15N3O/c19-12-16-8-4-5-9-17(16)14-21-11-10-20(18(21)22)13-15-6-2-1-3-7-15/h1-11H,13-14H2. The number of nitrogens with zero attached hydrogens (tertiary/aromatic N) is 3. The lowest BCUT2D eigenvalue weighted by Gasteiger charge is -2.05. The monoisotopic (exact) mass is 289 g/mol. The van der Waals surface area contributed by atoms with E-state index in [9.17, 15) is 4.79 Å². The molecule has 108 valence electrons. The second-order valence-corrected chi connectivity index (χ2v) is 5.09. The predicted molar refractivity (Wildman–Crippen MR) is 84.5 cm³/mol. The maximum Gasteiger partial charge on any atom is 0.328 e. The van der Waals surface area contributed by atoms with Crippen LogP contribution in [0.4, 0.5) is 0 Å². The minimum absolute atomic E-state index is 0.0726. The van der Waals surface area contributed by atoms with Crippen molar-refractivity contribution >= 4 is 0 Å². The van der Waals surface area contributed by atoms with Gasteiger partial charge < -0.3 is 0 Å². The predicted octanol–water partition coefficient (Wildman–Crippen LogP) is 2.62. The molecule has 0 aliphatic carbocycles. The first-order chi connectivity index (χ1) is 10.8. The molecule has 0 bridgehead atoms. The molecule has 1 aromatic heterocycles. The van der Waals surface area contributed by atoms with Crippen LogP contribution >= 0.6 is 0 Å². The van der Waals surface area contributed by atoms with E-state index in [-0.39, 0.29) is 5.69 Å². The Kier molecular flexibility index (Phi) is 3.88. The first kappa shape index (κ1) is 13.9. The van der Waals surface area contributed by atoms with E-state index in [1.165, 1.54) is 0 Å². The van der Waals surface area contributed by atoms with Crippen LogP contribution in [-0.2, 0) is 13.1 Å². The summed E-state index contributed by atoms with van der Waals surface area (Å²) in [6.07, 6.45) is 3.55. The van der Waals surface area contributed by atoms with Gasteiger partial charge in [0.2, 0.25) is 0 Å². The largest absolute Gasteiger partial charge is 0.328 e. The molecule has 22 heavy (non-hydrogen) atoms. The topological polar surface area (TPSA) is 50.7 Å². The van der Waals surface area contributed by atoms with E-state index in [1.54, 1.807) is 27.6 Å². The van der Waals surface area contributed by atoms with Crippen molar-refractivity contribution < 1.29 is 0 Å². The van der Waals surface area contributed by atoms with Crippen molar-refractivity contribution in [1.29, 1.82) is 5.26 Å². The molecule has 0 spiro atoms. The molecule has 4 nitrogen and oxygen atoms in total. The summed E-state index contributed by atoms with van der Waals surface area (Å²) in [6, 6.07) is 19.4. The molecule has 0 radical (unpaired) electrons. The number of imidazole rings is 1. The first-order valence-corrected chi connectivity index (χ1v) is 7.05. The highest BCUT2D eigenvalue weighted by Crippen LogP contribution is 2.08. The van der Waals surface area contributed by atoms with Crippen molar-refractivity contribution in [2.45, 2.75) is 13.1 Å². The zero-order valence-corrected chi connectivity index (χ0v) is 12.0. The second-order valence-electron chi connectivity index (χ2n) is 5.09. The summed E-state index contributed by atoms with van der Waals surface area (Å²) >= 11 is 0. The van der Waals surface area contributed by atoms with Crippen molar-refractivity contribution in [3.05, 3.63) is 94.2 Å². The lowest BCUT2D eigenvalue weighted by atomic mass is 10.1. The summed E-state index contributed by atoms with van der Waals surface area (Å²) in [5.41, 5.74) is 2.46. The van der Waals surface area contributed by atoms with Gasteiger partial charge in [0, 0.05) is 12.4 Å². The van der Waals surface area contributed by atoms with Crippen LogP contribution in [0, 0.1) is 11.3 Å². The molecule has 0 aliphatic heterocycles. The van der Waals surface area contributed by atoms with Gasteiger partial charge in [0.25, 0.3) is 0 Å². The van der Waals surface area contributed by atoms with E-state index in [1.807, 2.05) is 48.5 Å². The second kappa shape index (κ2) is 6.15. The molecule has 0 unspecified atom stereocenters. The Hall–Kier alpha value is -3.06. The van der Waals surface area contributed by atoms with Gasteiger partial charge >= 0.3 is 5.69 Å². The average molecular weight is 289 g/mol. The fourth-order valence-corrected chi connectivity index (χ4v) is 2.43. The van der Waals surface area contributed by atoms with Gasteiger partial charge in [-0.25, -0.2) is 4.79 Å². The van der Waals surface area contributed by atoms with Crippen molar-refractivity contribution in [3.63, 3.8) is 0 Å². The number of aromatic nitrogens is 2. The average Bonchev–Trinajstić information content (AvgIpc) is 2.90. The third-order valence-electron chi connectivity index (χ3n) is 3.59. The highest BCUT2D eigenvalue weighted by Gasteiger charge is 2.07. The van der Waals surface area contributed by atoms with E-state index < -0.39 is 0 Å². The summed E-state index contributed by atoms with van der Waals surface area (Å²) in [6.45, 7) is 0.955. The summed E-state index contributed by atoms with van der Waals surface area (Å²) in [5.74, 6) is 0. The molecule has 0 saturated carbocycles. The van der Waals surface area contributed by atoms with Crippen molar-refractivity contribution in [2.75, 3.05) is 0 Å². The van der Waals surface area contributed by atoms with Gasteiger partial charge in [-0.2, -0.15) is 5.26 Å². The van der Waals surface area contributed by atoms with Crippen LogP contribution in [0.25, 0.3) is 0 Å². The smallest absolute Gasteiger partial charge is 0.295 e. The first-order valence-electron chi connectivity index (χ1n) is 7.05. The minimum atomic E-state index is -0.0726. The van der Waals surface area contributed by atoms with Crippen molar-refractivity contribution in [1.82, 2.24) is 9.13 Å². The zero-order chi connectivity index (χ0) is 15.4. The fraction of sp³-hybridized carbons (Fsp3) is 0.111. The maximum atomic E-state index is 12.4.